The number of rotatable bonds is 3. The maximum absolute atomic E-state index is 12.7. The summed E-state index contributed by atoms with van der Waals surface area (Å²) < 4.78 is 0. The Bertz CT molecular complexity index is 838. The summed E-state index contributed by atoms with van der Waals surface area (Å²) in [6.07, 6.45) is 3.67. The molecule has 1 N–H and O–H groups in total. The van der Waals surface area contributed by atoms with Gasteiger partial charge in [0.15, 0.2) is 0 Å². The molecule has 0 spiro atoms. The lowest BCUT2D eigenvalue weighted by Crippen LogP contribution is -2.39. The van der Waals surface area contributed by atoms with Crippen LogP contribution in [0.15, 0.2) is 36.5 Å². The third kappa shape index (κ3) is 4.22. The first-order chi connectivity index (χ1) is 12.4. The molecule has 6 heteroatoms. The average molecular weight is 372 g/mol. The van der Waals surface area contributed by atoms with Crippen molar-refractivity contribution < 1.29 is 9.59 Å². The smallest absolute Gasteiger partial charge is 0.274 e. The molecular weight excluding hydrogens is 350 g/mol. The molecule has 2 amide bonds. The highest BCUT2D eigenvalue weighted by Crippen LogP contribution is 2.21. The van der Waals surface area contributed by atoms with Crippen LogP contribution in [0.1, 0.15) is 46.2 Å². The number of hydrogen-bond acceptors (Lipinski definition) is 3. The molecule has 1 atom stereocenters. The molecule has 2 aromatic rings. The number of aromatic nitrogens is 1. The van der Waals surface area contributed by atoms with Crippen molar-refractivity contribution in [2.45, 2.75) is 26.7 Å². The Hall–Kier alpha value is -2.40. The van der Waals surface area contributed by atoms with Gasteiger partial charge in [-0.3, -0.25) is 14.6 Å². The van der Waals surface area contributed by atoms with Crippen molar-refractivity contribution in [3.05, 3.63) is 58.4 Å². The number of carbonyl (C=O) groups is 2. The van der Waals surface area contributed by atoms with E-state index in [0.29, 0.717) is 22.2 Å². The zero-order valence-electron chi connectivity index (χ0n) is 15.0. The van der Waals surface area contributed by atoms with E-state index >= 15 is 0 Å². The average Bonchev–Trinajstić information content (AvgIpc) is 2.63. The van der Waals surface area contributed by atoms with Crippen LogP contribution in [0.4, 0.5) is 5.69 Å². The van der Waals surface area contributed by atoms with Crippen molar-refractivity contribution in [2.75, 3.05) is 18.4 Å². The Morgan fingerprint density at radius 3 is 2.81 bits per heavy atom. The quantitative estimate of drug-likeness (QED) is 0.880. The molecule has 26 heavy (non-hydrogen) atoms. The Labute approximate surface area is 158 Å². The van der Waals surface area contributed by atoms with Crippen LogP contribution in [0.2, 0.25) is 5.02 Å². The lowest BCUT2D eigenvalue weighted by Gasteiger charge is -2.31. The first kappa shape index (κ1) is 18.4. The van der Waals surface area contributed by atoms with Gasteiger partial charge in [0.1, 0.15) is 5.69 Å². The van der Waals surface area contributed by atoms with Gasteiger partial charge in [-0.1, -0.05) is 18.5 Å². The van der Waals surface area contributed by atoms with Crippen molar-refractivity contribution in [3.8, 4) is 0 Å². The Kier molecular flexibility index (Phi) is 5.57. The zero-order chi connectivity index (χ0) is 18.7. The summed E-state index contributed by atoms with van der Waals surface area (Å²) >= 11 is 5.94. The van der Waals surface area contributed by atoms with Gasteiger partial charge in [0.05, 0.1) is 0 Å². The number of nitrogens with one attached hydrogen (secondary N) is 1. The Morgan fingerprint density at radius 2 is 2.08 bits per heavy atom. The fraction of sp³-hybridized carbons (Fsp3) is 0.350. The molecule has 2 heterocycles. The maximum Gasteiger partial charge on any atom is 0.274 e. The standard InChI is InChI=1S/C20H22ClN3O2/c1-13-4-3-9-24(12-13)20(26)15-7-8-22-18(11-15)19(25)23-17-6-5-16(21)10-14(17)2/h5-8,10-11,13H,3-4,9,12H2,1-2H3,(H,23,25). The summed E-state index contributed by atoms with van der Waals surface area (Å²) in [4.78, 5) is 31.2. The number of piperidine rings is 1. The zero-order valence-corrected chi connectivity index (χ0v) is 15.7. The van der Waals surface area contributed by atoms with Crippen molar-refractivity contribution in [3.63, 3.8) is 0 Å². The molecule has 1 aromatic carbocycles. The van der Waals surface area contributed by atoms with Crippen molar-refractivity contribution in [1.29, 1.82) is 0 Å². The van der Waals surface area contributed by atoms with Crippen LogP contribution >= 0.6 is 11.6 Å². The van der Waals surface area contributed by atoms with E-state index in [1.165, 1.54) is 6.20 Å². The second-order valence-electron chi connectivity index (χ2n) is 6.84. The van der Waals surface area contributed by atoms with E-state index < -0.39 is 0 Å². The second kappa shape index (κ2) is 7.87. The Morgan fingerprint density at radius 1 is 1.27 bits per heavy atom. The normalized spacial score (nSPS) is 17.0. The first-order valence-electron chi connectivity index (χ1n) is 8.77. The highest BCUT2D eigenvalue weighted by atomic mass is 35.5. The summed E-state index contributed by atoms with van der Waals surface area (Å²) in [5.41, 5.74) is 2.24. The van der Waals surface area contributed by atoms with E-state index in [0.717, 1.165) is 31.5 Å². The lowest BCUT2D eigenvalue weighted by atomic mass is 9.99. The van der Waals surface area contributed by atoms with E-state index in [1.807, 2.05) is 11.8 Å². The van der Waals surface area contributed by atoms with Crippen LogP contribution in [0.25, 0.3) is 0 Å². The summed E-state index contributed by atoms with van der Waals surface area (Å²) in [5.74, 6) is 0.109. The van der Waals surface area contributed by atoms with Crippen LogP contribution in [0.3, 0.4) is 0 Å². The van der Waals surface area contributed by atoms with Crippen molar-refractivity contribution in [2.24, 2.45) is 5.92 Å². The molecule has 1 saturated heterocycles. The summed E-state index contributed by atoms with van der Waals surface area (Å²) in [6, 6.07) is 8.46. The van der Waals surface area contributed by atoms with Crippen LogP contribution in [0, 0.1) is 12.8 Å². The van der Waals surface area contributed by atoms with Gasteiger partial charge < -0.3 is 10.2 Å². The fourth-order valence-electron chi connectivity index (χ4n) is 3.20. The van der Waals surface area contributed by atoms with Gasteiger partial charge in [0, 0.05) is 35.6 Å². The largest absolute Gasteiger partial charge is 0.338 e. The van der Waals surface area contributed by atoms with Crippen molar-refractivity contribution >= 4 is 29.1 Å². The second-order valence-corrected chi connectivity index (χ2v) is 7.28. The number of nitrogens with zero attached hydrogens (tertiary/aromatic N) is 2. The van der Waals surface area contributed by atoms with Gasteiger partial charge in [0.2, 0.25) is 0 Å². The minimum Gasteiger partial charge on any atom is -0.338 e. The molecule has 5 nitrogen and oxygen atoms in total. The van der Waals surface area contributed by atoms with E-state index in [1.54, 1.807) is 30.3 Å². The molecule has 1 aliphatic rings. The number of aryl methyl sites for hydroxylation is 1. The molecule has 1 unspecified atom stereocenters. The van der Waals surface area contributed by atoms with Gasteiger partial charge in [0.25, 0.3) is 11.8 Å². The molecule has 3 rings (SSSR count). The van der Waals surface area contributed by atoms with Crippen LogP contribution in [-0.2, 0) is 0 Å². The molecule has 0 saturated carbocycles. The van der Waals surface area contributed by atoms with E-state index in [9.17, 15) is 9.59 Å². The number of hydrogen-bond donors (Lipinski definition) is 1. The molecule has 1 aliphatic heterocycles. The fourth-order valence-corrected chi connectivity index (χ4v) is 3.42. The van der Waals surface area contributed by atoms with Crippen LogP contribution < -0.4 is 5.32 Å². The number of pyridine rings is 1. The molecule has 0 radical (unpaired) electrons. The predicted octanol–water partition coefficient (Wildman–Crippen LogP) is 4.17. The minimum atomic E-state index is -0.350. The summed E-state index contributed by atoms with van der Waals surface area (Å²) in [6.45, 7) is 5.54. The molecule has 1 aromatic heterocycles. The number of likely N-dealkylation sites (tertiary alicyclic amines) is 1. The monoisotopic (exact) mass is 371 g/mol. The number of halogens is 1. The first-order valence-corrected chi connectivity index (χ1v) is 9.14. The van der Waals surface area contributed by atoms with Gasteiger partial charge in [-0.25, -0.2) is 0 Å². The predicted molar refractivity (Wildman–Crippen MR) is 103 cm³/mol. The highest BCUT2D eigenvalue weighted by Gasteiger charge is 2.23. The Balaban J connectivity index is 1.75. The summed E-state index contributed by atoms with van der Waals surface area (Å²) in [7, 11) is 0. The van der Waals surface area contributed by atoms with Gasteiger partial charge in [-0.05, 0) is 61.6 Å². The van der Waals surface area contributed by atoms with E-state index in [2.05, 4.69) is 17.2 Å². The highest BCUT2D eigenvalue weighted by molar-refractivity contribution is 6.30. The number of anilines is 1. The number of benzene rings is 1. The molecule has 136 valence electrons. The molecule has 1 fully saturated rings. The minimum absolute atomic E-state index is 0.0457. The topological polar surface area (TPSA) is 62.3 Å². The van der Waals surface area contributed by atoms with Gasteiger partial charge in [-0.15, -0.1) is 0 Å². The van der Waals surface area contributed by atoms with Crippen LogP contribution in [0.5, 0.6) is 0 Å². The molecule has 0 aliphatic carbocycles. The third-order valence-electron chi connectivity index (χ3n) is 4.62. The molecule has 0 bridgehead atoms. The summed E-state index contributed by atoms with van der Waals surface area (Å²) in [5, 5.41) is 3.43. The van der Waals surface area contributed by atoms with Crippen molar-refractivity contribution in [1.82, 2.24) is 9.88 Å². The SMILES string of the molecule is Cc1cc(Cl)ccc1NC(=O)c1cc(C(=O)N2CCCC(C)C2)ccn1. The van der Waals surface area contributed by atoms with E-state index in [4.69, 9.17) is 11.6 Å². The lowest BCUT2D eigenvalue weighted by molar-refractivity contribution is 0.0683. The number of amides is 2. The van der Waals surface area contributed by atoms with E-state index in [-0.39, 0.29) is 17.5 Å². The van der Waals surface area contributed by atoms with Gasteiger partial charge in [-0.2, -0.15) is 0 Å². The van der Waals surface area contributed by atoms with Gasteiger partial charge >= 0.3 is 0 Å². The maximum atomic E-state index is 12.7. The van der Waals surface area contributed by atoms with Crippen LogP contribution in [-0.4, -0.2) is 34.8 Å². The molecular formula is C20H22ClN3O2. The third-order valence-corrected chi connectivity index (χ3v) is 4.86. The number of carbonyl (C=O) groups excluding carboxylic acids is 2.